The molecule has 0 spiro atoms. The van der Waals surface area contributed by atoms with Crippen molar-refractivity contribution in [2.75, 3.05) is 7.05 Å². The number of nitrogens with one attached hydrogen (secondary N) is 1. The number of aromatic nitrogens is 2. The summed E-state index contributed by atoms with van der Waals surface area (Å²) in [7, 11) is 1.80. The molecule has 8 heteroatoms. The Kier molecular flexibility index (Phi) is 4.56. The van der Waals surface area contributed by atoms with E-state index in [4.69, 9.17) is 0 Å². The molecule has 0 amide bonds. The van der Waals surface area contributed by atoms with Crippen molar-refractivity contribution < 1.29 is 17.9 Å². The van der Waals surface area contributed by atoms with Gasteiger partial charge in [-0.3, -0.25) is 0 Å². The molecule has 108 valence electrons. The van der Waals surface area contributed by atoms with E-state index in [1.54, 1.807) is 25.4 Å². The van der Waals surface area contributed by atoms with Crippen LogP contribution in [0.3, 0.4) is 0 Å². The van der Waals surface area contributed by atoms with Crippen molar-refractivity contribution in [2.24, 2.45) is 0 Å². The average Bonchev–Trinajstić information content (AvgIpc) is 2.90. The highest BCUT2D eigenvalue weighted by atomic mass is 32.1. The van der Waals surface area contributed by atoms with Crippen molar-refractivity contribution >= 4 is 11.7 Å². The van der Waals surface area contributed by atoms with E-state index in [0.717, 1.165) is 23.0 Å². The summed E-state index contributed by atoms with van der Waals surface area (Å²) in [6.07, 6.45) is -2.39. The zero-order chi connectivity index (χ0) is 14.6. The van der Waals surface area contributed by atoms with Gasteiger partial charge in [0.2, 0.25) is 0 Å². The lowest BCUT2D eigenvalue weighted by molar-refractivity contribution is -0.274. The maximum atomic E-state index is 12.0. The molecular weight excluding hydrogens is 291 g/mol. The van der Waals surface area contributed by atoms with Gasteiger partial charge >= 0.3 is 6.36 Å². The van der Waals surface area contributed by atoms with Crippen molar-refractivity contribution in [1.82, 2.24) is 14.1 Å². The van der Waals surface area contributed by atoms with E-state index in [-0.39, 0.29) is 11.8 Å². The van der Waals surface area contributed by atoms with Gasteiger partial charge in [-0.25, -0.2) is 0 Å². The van der Waals surface area contributed by atoms with Gasteiger partial charge in [0.25, 0.3) is 0 Å². The number of alkyl halides is 3. The molecule has 0 radical (unpaired) electrons. The second-order valence-corrected chi connectivity index (χ2v) is 4.63. The highest BCUT2D eigenvalue weighted by Crippen LogP contribution is 2.24. The molecule has 1 unspecified atom stereocenters. The van der Waals surface area contributed by atoms with Gasteiger partial charge in [0.1, 0.15) is 5.75 Å². The van der Waals surface area contributed by atoms with E-state index in [0.29, 0.717) is 6.42 Å². The molecule has 1 aromatic carbocycles. The Balaban J connectivity index is 2.03. The van der Waals surface area contributed by atoms with E-state index in [9.17, 15) is 13.2 Å². The van der Waals surface area contributed by atoms with Crippen LogP contribution >= 0.6 is 11.7 Å². The Labute approximate surface area is 117 Å². The fraction of sp³-hybridized carbons (Fsp3) is 0.333. The third-order valence-corrected chi connectivity index (χ3v) is 3.17. The van der Waals surface area contributed by atoms with Gasteiger partial charge in [0.05, 0.1) is 29.7 Å². The number of nitrogens with zero attached hydrogens (tertiary/aromatic N) is 2. The number of hydrogen-bond acceptors (Lipinski definition) is 5. The maximum Gasteiger partial charge on any atom is 0.573 e. The summed E-state index contributed by atoms with van der Waals surface area (Å²) in [6.45, 7) is 0. The molecule has 1 aromatic heterocycles. The molecule has 1 N–H and O–H groups in total. The SMILES string of the molecule is CNC(Cc1ccc(OC(F)(F)F)cc1)c1cnsn1. The second kappa shape index (κ2) is 6.19. The Bertz CT molecular complexity index is 528. The van der Waals surface area contributed by atoms with Crippen molar-refractivity contribution in [3.63, 3.8) is 0 Å². The van der Waals surface area contributed by atoms with Crippen molar-refractivity contribution in [3.05, 3.63) is 41.7 Å². The zero-order valence-corrected chi connectivity index (χ0v) is 11.3. The lowest BCUT2D eigenvalue weighted by Gasteiger charge is -2.14. The Morgan fingerprint density at radius 3 is 2.50 bits per heavy atom. The highest BCUT2D eigenvalue weighted by molar-refractivity contribution is 6.99. The summed E-state index contributed by atoms with van der Waals surface area (Å²) < 4.78 is 48.0. The van der Waals surface area contributed by atoms with Crippen LogP contribution in [0.25, 0.3) is 0 Å². The van der Waals surface area contributed by atoms with Gasteiger partial charge < -0.3 is 10.1 Å². The van der Waals surface area contributed by atoms with Crippen LogP contribution in [0, 0.1) is 0 Å². The molecule has 20 heavy (non-hydrogen) atoms. The maximum absolute atomic E-state index is 12.0. The van der Waals surface area contributed by atoms with Gasteiger partial charge in [-0.1, -0.05) is 12.1 Å². The molecule has 0 aliphatic heterocycles. The summed E-state index contributed by atoms with van der Waals surface area (Å²) in [6, 6.07) is 5.78. The minimum Gasteiger partial charge on any atom is -0.406 e. The molecular formula is C12H12F3N3OS. The summed E-state index contributed by atoms with van der Waals surface area (Å²) in [5.41, 5.74) is 1.69. The number of benzene rings is 1. The van der Waals surface area contributed by atoms with Crippen LogP contribution in [0.15, 0.2) is 30.5 Å². The zero-order valence-electron chi connectivity index (χ0n) is 10.5. The summed E-state index contributed by atoms with van der Waals surface area (Å²) in [5.74, 6) is -0.224. The first-order valence-corrected chi connectivity index (χ1v) is 6.50. The van der Waals surface area contributed by atoms with Crippen LogP contribution in [0.2, 0.25) is 0 Å². The fourth-order valence-electron chi connectivity index (χ4n) is 1.74. The number of halogens is 3. The van der Waals surface area contributed by atoms with Crippen molar-refractivity contribution in [1.29, 1.82) is 0 Å². The van der Waals surface area contributed by atoms with E-state index < -0.39 is 6.36 Å². The second-order valence-electron chi connectivity index (χ2n) is 4.07. The Hall–Kier alpha value is -1.67. The summed E-state index contributed by atoms with van der Waals surface area (Å²) in [4.78, 5) is 0. The Morgan fingerprint density at radius 2 is 2.00 bits per heavy atom. The van der Waals surface area contributed by atoms with Crippen LogP contribution in [0.4, 0.5) is 13.2 Å². The molecule has 0 bridgehead atoms. The van der Waals surface area contributed by atoms with Gasteiger partial charge in [-0.15, -0.1) is 13.2 Å². The number of ether oxygens (including phenoxy) is 1. The lowest BCUT2D eigenvalue weighted by Crippen LogP contribution is -2.19. The fourth-order valence-corrected chi connectivity index (χ4v) is 2.21. The first-order chi connectivity index (χ1) is 9.48. The monoisotopic (exact) mass is 303 g/mol. The van der Waals surface area contributed by atoms with Gasteiger partial charge in [-0.05, 0) is 31.2 Å². The topological polar surface area (TPSA) is 47.0 Å². The predicted octanol–water partition coefficient (Wildman–Crippen LogP) is 2.94. The van der Waals surface area contributed by atoms with E-state index in [2.05, 4.69) is 18.8 Å². The first kappa shape index (κ1) is 14.7. The molecule has 1 atom stereocenters. The van der Waals surface area contributed by atoms with Gasteiger partial charge in [0, 0.05) is 0 Å². The molecule has 2 rings (SSSR count). The molecule has 0 fully saturated rings. The summed E-state index contributed by atoms with van der Waals surface area (Å²) in [5, 5.41) is 3.10. The number of hydrogen-bond donors (Lipinski definition) is 1. The van der Waals surface area contributed by atoms with Crippen molar-refractivity contribution in [3.8, 4) is 5.75 Å². The van der Waals surface area contributed by atoms with E-state index in [1.807, 2.05) is 0 Å². The van der Waals surface area contributed by atoms with Gasteiger partial charge in [-0.2, -0.15) is 8.75 Å². The molecule has 0 aliphatic carbocycles. The smallest absolute Gasteiger partial charge is 0.406 e. The van der Waals surface area contributed by atoms with Crippen LogP contribution < -0.4 is 10.1 Å². The van der Waals surface area contributed by atoms with Crippen LogP contribution in [0.5, 0.6) is 5.75 Å². The van der Waals surface area contributed by atoms with Gasteiger partial charge in [0.15, 0.2) is 0 Å². The molecule has 0 saturated heterocycles. The first-order valence-electron chi connectivity index (χ1n) is 5.77. The van der Waals surface area contributed by atoms with Crippen LogP contribution in [-0.2, 0) is 6.42 Å². The minimum atomic E-state index is -4.67. The summed E-state index contributed by atoms with van der Waals surface area (Å²) >= 11 is 1.12. The quantitative estimate of drug-likeness (QED) is 0.922. The largest absolute Gasteiger partial charge is 0.573 e. The van der Waals surface area contributed by atoms with Crippen LogP contribution in [0.1, 0.15) is 17.3 Å². The average molecular weight is 303 g/mol. The predicted molar refractivity (Wildman–Crippen MR) is 68.5 cm³/mol. The van der Waals surface area contributed by atoms with Crippen LogP contribution in [-0.4, -0.2) is 22.2 Å². The third kappa shape index (κ3) is 4.17. The lowest BCUT2D eigenvalue weighted by atomic mass is 10.0. The minimum absolute atomic E-state index is 0.0249. The number of likely N-dealkylation sites (N-methyl/N-ethyl adjacent to an activating group) is 1. The molecule has 0 saturated carbocycles. The molecule has 4 nitrogen and oxygen atoms in total. The Morgan fingerprint density at radius 1 is 1.30 bits per heavy atom. The molecule has 2 aromatic rings. The third-order valence-electron chi connectivity index (χ3n) is 2.68. The number of rotatable bonds is 5. The highest BCUT2D eigenvalue weighted by Gasteiger charge is 2.30. The standard InChI is InChI=1S/C12H12F3N3OS/c1-16-10(11-7-17-20-18-11)6-8-2-4-9(5-3-8)19-12(13,14)15/h2-5,7,10,16H,6H2,1H3. The van der Waals surface area contributed by atoms with Crippen molar-refractivity contribution in [2.45, 2.75) is 18.8 Å². The molecule has 1 heterocycles. The van der Waals surface area contributed by atoms with E-state index in [1.165, 1.54) is 12.1 Å². The normalized spacial score (nSPS) is 13.2. The van der Waals surface area contributed by atoms with E-state index >= 15 is 0 Å². The molecule has 0 aliphatic rings.